The molecule has 7 heteroatoms. The second-order valence-corrected chi connectivity index (χ2v) is 7.27. The van der Waals surface area contributed by atoms with Crippen LogP contribution in [0.25, 0.3) is 0 Å². The number of nitrogens with one attached hydrogen (secondary N) is 2. The van der Waals surface area contributed by atoms with E-state index in [1.807, 2.05) is 30.3 Å². The second-order valence-electron chi connectivity index (χ2n) is 7.27. The molecule has 1 aromatic rings. The van der Waals surface area contributed by atoms with Crippen molar-refractivity contribution in [2.24, 2.45) is 5.73 Å². The van der Waals surface area contributed by atoms with E-state index in [0.717, 1.165) is 31.2 Å². The van der Waals surface area contributed by atoms with Gasteiger partial charge in [-0.05, 0) is 44.1 Å². The zero-order valence-electron chi connectivity index (χ0n) is 15.5. The van der Waals surface area contributed by atoms with Crippen molar-refractivity contribution in [2.45, 2.75) is 56.7 Å². The fourth-order valence-electron chi connectivity index (χ4n) is 4.10. The number of nitrogens with zero attached hydrogens (tertiary/aromatic N) is 1. The summed E-state index contributed by atoms with van der Waals surface area (Å²) in [6.07, 6.45) is 4.58. The molecule has 0 bridgehead atoms. The Balaban J connectivity index is 1.60. The lowest BCUT2D eigenvalue weighted by atomic mass is 10.1. The summed E-state index contributed by atoms with van der Waals surface area (Å²) in [4.78, 5) is 39.0. The van der Waals surface area contributed by atoms with Crippen LogP contribution in [0.15, 0.2) is 30.3 Å². The lowest BCUT2D eigenvalue weighted by Crippen LogP contribution is -2.55. The summed E-state index contributed by atoms with van der Waals surface area (Å²) < 4.78 is 0. The van der Waals surface area contributed by atoms with E-state index in [2.05, 4.69) is 10.6 Å². The minimum Gasteiger partial charge on any atom is -0.354 e. The first-order valence-corrected chi connectivity index (χ1v) is 9.73. The Morgan fingerprint density at radius 1 is 1.11 bits per heavy atom. The molecular formula is C20H28N4O3. The van der Waals surface area contributed by atoms with Gasteiger partial charge >= 0.3 is 0 Å². The van der Waals surface area contributed by atoms with Gasteiger partial charge in [0.15, 0.2) is 0 Å². The molecule has 4 N–H and O–H groups in total. The molecule has 0 aromatic heterocycles. The molecule has 1 aromatic carbocycles. The van der Waals surface area contributed by atoms with Crippen LogP contribution in [0.2, 0.25) is 0 Å². The van der Waals surface area contributed by atoms with Crippen molar-refractivity contribution in [1.82, 2.24) is 15.5 Å². The van der Waals surface area contributed by atoms with Crippen molar-refractivity contribution in [1.29, 1.82) is 0 Å². The van der Waals surface area contributed by atoms with Gasteiger partial charge in [-0.25, -0.2) is 0 Å². The van der Waals surface area contributed by atoms with Crippen LogP contribution in [0.3, 0.4) is 0 Å². The molecule has 2 aliphatic rings. The summed E-state index contributed by atoms with van der Waals surface area (Å²) in [6, 6.07) is 9.03. The Hall–Kier alpha value is -2.41. The van der Waals surface area contributed by atoms with Gasteiger partial charge in [-0.3, -0.25) is 14.4 Å². The molecule has 3 atom stereocenters. The highest BCUT2D eigenvalue weighted by Crippen LogP contribution is 2.31. The van der Waals surface area contributed by atoms with Gasteiger partial charge in [0.2, 0.25) is 17.7 Å². The Kier molecular flexibility index (Phi) is 6.45. The minimum atomic E-state index is -0.580. The van der Waals surface area contributed by atoms with E-state index in [1.54, 1.807) is 4.90 Å². The number of hydrogen-bond acceptors (Lipinski definition) is 4. The summed E-state index contributed by atoms with van der Waals surface area (Å²) in [5, 5.41) is 5.68. The fraction of sp³-hybridized carbons (Fsp3) is 0.550. The number of carbonyl (C=O) groups is 3. The number of hydrogen-bond donors (Lipinski definition) is 3. The zero-order valence-corrected chi connectivity index (χ0v) is 15.5. The first kappa shape index (κ1) is 19.4. The molecule has 1 unspecified atom stereocenters. The Labute approximate surface area is 159 Å². The molecule has 0 saturated carbocycles. The van der Waals surface area contributed by atoms with Crippen molar-refractivity contribution >= 4 is 17.7 Å². The van der Waals surface area contributed by atoms with Gasteiger partial charge in [0.25, 0.3) is 0 Å². The number of nitrogens with two attached hydrogens (primary N) is 1. The Bertz CT molecular complexity index is 679. The maximum Gasteiger partial charge on any atom is 0.246 e. The predicted molar refractivity (Wildman–Crippen MR) is 102 cm³/mol. The molecule has 146 valence electrons. The van der Waals surface area contributed by atoms with Crippen molar-refractivity contribution in [2.75, 3.05) is 13.1 Å². The van der Waals surface area contributed by atoms with E-state index >= 15 is 0 Å². The highest BCUT2D eigenvalue weighted by atomic mass is 16.2. The van der Waals surface area contributed by atoms with Crippen molar-refractivity contribution < 1.29 is 14.4 Å². The average Bonchev–Trinajstić information content (AvgIpc) is 3.04. The maximum absolute atomic E-state index is 13.0. The van der Waals surface area contributed by atoms with Gasteiger partial charge < -0.3 is 21.3 Å². The lowest BCUT2D eigenvalue weighted by Gasteiger charge is -2.30. The summed E-state index contributed by atoms with van der Waals surface area (Å²) in [7, 11) is 0. The van der Waals surface area contributed by atoms with Gasteiger partial charge in [0.05, 0.1) is 6.54 Å². The highest BCUT2D eigenvalue weighted by molar-refractivity contribution is 5.93. The number of benzene rings is 1. The molecule has 0 spiro atoms. The fourth-order valence-corrected chi connectivity index (χ4v) is 4.10. The largest absolute Gasteiger partial charge is 0.354 e. The van der Waals surface area contributed by atoms with Gasteiger partial charge in [0, 0.05) is 12.6 Å². The van der Waals surface area contributed by atoms with E-state index in [0.29, 0.717) is 19.4 Å². The van der Waals surface area contributed by atoms with Crippen LogP contribution >= 0.6 is 0 Å². The van der Waals surface area contributed by atoms with E-state index in [9.17, 15) is 14.4 Å². The second kappa shape index (κ2) is 8.99. The molecule has 0 aliphatic carbocycles. The quantitative estimate of drug-likeness (QED) is 0.669. The maximum atomic E-state index is 13.0. The molecule has 3 rings (SSSR count). The van der Waals surface area contributed by atoms with Gasteiger partial charge in [0.1, 0.15) is 12.1 Å². The van der Waals surface area contributed by atoms with Crippen LogP contribution in [0.4, 0.5) is 0 Å². The van der Waals surface area contributed by atoms with E-state index in [-0.39, 0.29) is 30.3 Å². The van der Waals surface area contributed by atoms with Crippen LogP contribution in [0.5, 0.6) is 0 Å². The number of amides is 3. The van der Waals surface area contributed by atoms with Gasteiger partial charge in [-0.2, -0.15) is 0 Å². The normalized spacial score (nSPS) is 24.9. The van der Waals surface area contributed by atoms with Crippen LogP contribution in [-0.4, -0.2) is 53.8 Å². The molecule has 2 fully saturated rings. The third-order valence-electron chi connectivity index (χ3n) is 5.46. The standard InChI is InChI=1S/C20H28N4O3/c21-13-18(25)23-16-8-4-7-15-9-10-17(24(15)20(16)27)19(26)22-12-11-14-5-2-1-3-6-14/h1-3,5-6,15-17H,4,7-13,21H2,(H,22,26)(H,23,25)/t15-,16?,17-/m0/s1. The van der Waals surface area contributed by atoms with Crippen LogP contribution in [0, 0.1) is 0 Å². The first-order valence-electron chi connectivity index (χ1n) is 9.73. The van der Waals surface area contributed by atoms with E-state index in [4.69, 9.17) is 5.73 Å². The van der Waals surface area contributed by atoms with Crippen LogP contribution in [-0.2, 0) is 20.8 Å². The van der Waals surface area contributed by atoms with Crippen molar-refractivity contribution in [3.05, 3.63) is 35.9 Å². The third-order valence-corrected chi connectivity index (χ3v) is 5.46. The van der Waals surface area contributed by atoms with Gasteiger partial charge in [-0.15, -0.1) is 0 Å². The lowest BCUT2D eigenvalue weighted by molar-refractivity contribution is -0.142. The molecular weight excluding hydrogens is 344 g/mol. The molecule has 2 aliphatic heterocycles. The highest BCUT2D eigenvalue weighted by Gasteiger charge is 2.44. The van der Waals surface area contributed by atoms with Crippen LogP contribution in [0.1, 0.15) is 37.7 Å². The average molecular weight is 372 g/mol. The summed E-state index contributed by atoms with van der Waals surface area (Å²) in [6.45, 7) is 0.399. The molecule has 2 heterocycles. The Morgan fingerprint density at radius 3 is 2.63 bits per heavy atom. The molecule has 7 nitrogen and oxygen atoms in total. The first-order chi connectivity index (χ1) is 13.1. The van der Waals surface area contributed by atoms with E-state index < -0.39 is 12.1 Å². The zero-order chi connectivity index (χ0) is 19.2. The SMILES string of the molecule is NCC(=O)NC1CCC[C@H]2CC[C@@H](C(=O)NCCc3ccccc3)N2C1=O. The minimum absolute atomic E-state index is 0.0853. The number of carbonyl (C=O) groups excluding carboxylic acids is 3. The van der Waals surface area contributed by atoms with E-state index in [1.165, 1.54) is 0 Å². The smallest absolute Gasteiger partial charge is 0.246 e. The summed E-state index contributed by atoms with van der Waals surface area (Å²) >= 11 is 0. The van der Waals surface area contributed by atoms with Crippen molar-refractivity contribution in [3.8, 4) is 0 Å². The number of rotatable bonds is 6. The predicted octanol–water partition coefficient (Wildman–Crippen LogP) is 0.332. The summed E-state index contributed by atoms with van der Waals surface area (Å²) in [5.74, 6) is -0.595. The summed E-state index contributed by atoms with van der Waals surface area (Å²) in [5.41, 5.74) is 6.52. The number of fused-ring (bicyclic) bond motifs is 1. The molecule has 2 saturated heterocycles. The third kappa shape index (κ3) is 4.66. The topological polar surface area (TPSA) is 105 Å². The van der Waals surface area contributed by atoms with Crippen molar-refractivity contribution in [3.63, 3.8) is 0 Å². The monoisotopic (exact) mass is 372 g/mol. The Morgan fingerprint density at radius 2 is 1.89 bits per heavy atom. The van der Waals surface area contributed by atoms with Gasteiger partial charge in [-0.1, -0.05) is 30.3 Å². The molecule has 27 heavy (non-hydrogen) atoms. The molecule has 3 amide bonds. The van der Waals surface area contributed by atoms with Crippen LogP contribution < -0.4 is 16.4 Å². The molecule has 0 radical (unpaired) electrons.